The molecule has 1 aliphatic heterocycles. The van der Waals surface area contributed by atoms with Gasteiger partial charge in [0.05, 0.1) is 18.5 Å². The Bertz CT molecular complexity index is 953. The highest BCUT2D eigenvalue weighted by Crippen LogP contribution is 2.30. The van der Waals surface area contributed by atoms with Crippen LogP contribution in [0.3, 0.4) is 0 Å². The highest BCUT2D eigenvalue weighted by molar-refractivity contribution is 5.65. The fraction of sp³-hybridized carbons (Fsp3) is 0.304. The van der Waals surface area contributed by atoms with Gasteiger partial charge in [0.1, 0.15) is 17.3 Å². The predicted octanol–water partition coefficient (Wildman–Crippen LogP) is 3.98. The maximum atomic E-state index is 9.64. The second kappa shape index (κ2) is 7.98. The Morgan fingerprint density at radius 2 is 1.79 bits per heavy atom. The van der Waals surface area contributed by atoms with Crippen LogP contribution >= 0.6 is 0 Å². The monoisotopic (exact) mass is 375 g/mol. The third kappa shape index (κ3) is 3.85. The molecule has 0 fully saturated rings. The highest BCUT2D eigenvalue weighted by Gasteiger charge is 2.23. The van der Waals surface area contributed by atoms with Crippen LogP contribution in [0.15, 0.2) is 48.5 Å². The molecule has 0 aliphatic carbocycles. The molecule has 5 heteroatoms. The van der Waals surface area contributed by atoms with Crippen molar-refractivity contribution in [2.45, 2.75) is 32.9 Å². The summed E-state index contributed by atoms with van der Waals surface area (Å²) in [4.78, 5) is 12.1. The molecule has 1 aliphatic rings. The van der Waals surface area contributed by atoms with Gasteiger partial charge >= 0.3 is 0 Å². The van der Waals surface area contributed by atoms with Crippen molar-refractivity contribution in [2.24, 2.45) is 0 Å². The van der Waals surface area contributed by atoms with Crippen molar-refractivity contribution in [1.29, 1.82) is 0 Å². The molecule has 0 unspecified atom stereocenters. The van der Waals surface area contributed by atoms with E-state index in [1.165, 1.54) is 11.1 Å². The molecular formula is C23H25N3O2. The molecule has 2 heterocycles. The van der Waals surface area contributed by atoms with Crippen LogP contribution in [0.1, 0.15) is 29.6 Å². The molecule has 1 N–H and O–H groups in total. The lowest BCUT2D eigenvalue weighted by atomic mass is 9.98. The van der Waals surface area contributed by atoms with Crippen molar-refractivity contribution in [2.75, 3.05) is 13.7 Å². The van der Waals surface area contributed by atoms with Crippen LogP contribution in [0.4, 0.5) is 0 Å². The number of benzene rings is 2. The number of methoxy groups -OCH3 is 1. The van der Waals surface area contributed by atoms with Crippen molar-refractivity contribution in [1.82, 2.24) is 14.9 Å². The van der Waals surface area contributed by atoms with E-state index in [4.69, 9.17) is 14.7 Å². The van der Waals surface area contributed by atoms with Crippen LogP contribution in [-0.4, -0.2) is 33.6 Å². The number of phenols is 1. The second-order valence-corrected chi connectivity index (χ2v) is 7.12. The van der Waals surface area contributed by atoms with Crippen LogP contribution in [0, 0.1) is 0 Å². The van der Waals surface area contributed by atoms with E-state index in [1.807, 2.05) is 24.3 Å². The number of aryl methyl sites for hydroxylation is 1. The second-order valence-electron chi connectivity index (χ2n) is 7.12. The summed E-state index contributed by atoms with van der Waals surface area (Å²) in [5.41, 5.74) is 5.63. The number of phenolic OH excluding ortho intramolecular Hbond substituents is 1. The maximum absolute atomic E-state index is 9.64. The lowest BCUT2D eigenvalue weighted by Gasteiger charge is -2.29. The first kappa shape index (κ1) is 18.4. The Labute approximate surface area is 165 Å². The van der Waals surface area contributed by atoms with Gasteiger partial charge in [0.2, 0.25) is 0 Å². The summed E-state index contributed by atoms with van der Waals surface area (Å²) in [5, 5.41) is 9.64. The summed E-state index contributed by atoms with van der Waals surface area (Å²) < 4.78 is 5.25. The summed E-state index contributed by atoms with van der Waals surface area (Å²) in [6, 6.07) is 15.5. The van der Waals surface area contributed by atoms with Gasteiger partial charge in [-0.3, -0.25) is 4.90 Å². The number of ether oxygens (including phenoxy) is 1. The van der Waals surface area contributed by atoms with Gasteiger partial charge < -0.3 is 9.84 Å². The molecular weight excluding hydrogens is 350 g/mol. The van der Waals surface area contributed by atoms with Crippen molar-refractivity contribution < 1.29 is 9.84 Å². The Morgan fingerprint density at radius 3 is 2.46 bits per heavy atom. The molecule has 0 amide bonds. The Morgan fingerprint density at radius 1 is 1.04 bits per heavy atom. The van der Waals surface area contributed by atoms with Gasteiger partial charge in [-0.15, -0.1) is 0 Å². The third-order valence-corrected chi connectivity index (χ3v) is 5.21. The largest absolute Gasteiger partial charge is 0.508 e. The van der Waals surface area contributed by atoms with Crippen molar-refractivity contribution in [3.63, 3.8) is 0 Å². The number of hydrogen-bond donors (Lipinski definition) is 1. The van der Waals surface area contributed by atoms with Crippen LogP contribution in [-0.2, 0) is 25.9 Å². The zero-order valence-electron chi connectivity index (χ0n) is 16.4. The molecule has 0 atom stereocenters. The van der Waals surface area contributed by atoms with E-state index in [1.54, 1.807) is 19.2 Å². The van der Waals surface area contributed by atoms with E-state index in [9.17, 15) is 5.11 Å². The van der Waals surface area contributed by atoms with Crippen LogP contribution in [0.25, 0.3) is 11.3 Å². The van der Waals surface area contributed by atoms with E-state index in [0.29, 0.717) is 0 Å². The number of nitrogens with zero attached hydrogens (tertiary/aromatic N) is 3. The third-order valence-electron chi connectivity index (χ3n) is 5.21. The number of aromatic hydroxyl groups is 1. The number of aromatic nitrogens is 2. The fourth-order valence-electron chi connectivity index (χ4n) is 3.66. The van der Waals surface area contributed by atoms with Gasteiger partial charge in [-0.05, 0) is 42.0 Å². The van der Waals surface area contributed by atoms with Gasteiger partial charge in [0.25, 0.3) is 0 Å². The lowest BCUT2D eigenvalue weighted by Crippen LogP contribution is -2.31. The molecule has 4 rings (SSSR count). The zero-order valence-corrected chi connectivity index (χ0v) is 16.4. The van der Waals surface area contributed by atoms with Gasteiger partial charge in [-0.1, -0.05) is 19.1 Å². The summed E-state index contributed by atoms with van der Waals surface area (Å²) >= 11 is 0. The smallest absolute Gasteiger partial charge is 0.129 e. The van der Waals surface area contributed by atoms with Gasteiger partial charge in [-0.2, -0.15) is 0 Å². The summed E-state index contributed by atoms with van der Waals surface area (Å²) in [7, 11) is 1.69. The van der Waals surface area contributed by atoms with Crippen molar-refractivity contribution >= 4 is 0 Å². The zero-order chi connectivity index (χ0) is 19.5. The first-order valence-corrected chi connectivity index (χ1v) is 9.69. The lowest BCUT2D eigenvalue weighted by molar-refractivity contribution is 0.243. The van der Waals surface area contributed by atoms with Crippen LogP contribution < -0.4 is 4.74 Å². The summed E-state index contributed by atoms with van der Waals surface area (Å²) in [5.74, 6) is 2.02. The van der Waals surface area contributed by atoms with E-state index >= 15 is 0 Å². The van der Waals surface area contributed by atoms with Crippen molar-refractivity contribution in [3.05, 3.63) is 71.2 Å². The Balaban J connectivity index is 1.63. The molecule has 0 saturated heterocycles. The number of fused-ring (bicyclic) bond motifs is 1. The van der Waals surface area contributed by atoms with Crippen LogP contribution in [0.2, 0.25) is 0 Å². The normalized spacial score (nSPS) is 13.9. The molecule has 144 valence electrons. The molecule has 0 radical (unpaired) electrons. The average molecular weight is 375 g/mol. The van der Waals surface area contributed by atoms with E-state index < -0.39 is 0 Å². The van der Waals surface area contributed by atoms with Crippen LogP contribution in [0.5, 0.6) is 11.5 Å². The molecule has 0 saturated carbocycles. The summed E-state index contributed by atoms with van der Waals surface area (Å²) in [6.07, 6.45) is 1.74. The summed E-state index contributed by atoms with van der Waals surface area (Å²) in [6.45, 7) is 4.77. The average Bonchev–Trinajstić information content (AvgIpc) is 2.74. The standard InChI is InChI=1S/C23H25N3O2/c1-3-22-24-21-12-13-26(14-16-4-10-19(28-2)11-5-16)15-20(21)23(25-22)17-6-8-18(27)9-7-17/h4-11,27H,3,12-15H2,1-2H3. The first-order chi connectivity index (χ1) is 13.7. The molecule has 5 nitrogen and oxygen atoms in total. The predicted molar refractivity (Wildman–Crippen MR) is 109 cm³/mol. The molecule has 28 heavy (non-hydrogen) atoms. The SMILES string of the molecule is CCc1nc2c(c(-c3ccc(O)cc3)n1)CN(Cc1ccc(OC)cc1)CC2. The van der Waals surface area contributed by atoms with E-state index in [2.05, 4.69) is 24.0 Å². The Hall–Kier alpha value is -2.92. The Kier molecular flexibility index (Phi) is 5.26. The van der Waals surface area contributed by atoms with E-state index in [-0.39, 0.29) is 5.75 Å². The molecule has 3 aromatic rings. The maximum Gasteiger partial charge on any atom is 0.129 e. The first-order valence-electron chi connectivity index (χ1n) is 9.69. The van der Waals surface area contributed by atoms with E-state index in [0.717, 1.165) is 61.0 Å². The number of rotatable bonds is 5. The minimum atomic E-state index is 0.267. The fourth-order valence-corrected chi connectivity index (χ4v) is 3.66. The highest BCUT2D eigenvalue weighted by atomic mass is 16.5. The number of hydrogen-bond acceptors (Lipinski definition) is 5. The quantitative estimate of drug-likeness (QED) is 0.731. The van der Waals surface area contributed by atoms with Gasteiger partial charge in [0.15, 0.2) is 0 Å². The minimum Gasteiger partial charge on any atom is -0.508 e. The molecule has 0 spiro atoms. The molecule has 1 aromatic heterocycles. The molecule has 0 bridgehead atoms. The van der Waals surface area contributed by atoms with Crippen molar-refractivity contribution in [3.8, 4) is 22.8 Å². The van der Waals surface area contributed by atoms with Gasteiger partial charge in [-0.25, -0.2) is 9.97 Å². The molecule has 2 aromatic carbocycles. The topological polar surface area (TPSA) is 58.5 Å². The van der Waals surface area contributed by atoms with Gasteiger partial charge in [0, 0.05) is 43.6 Å². The minimum absolute atomic E-state index is 0.267.